The number of hydrogen-bond acceptors (Lipinski definition) is 4. The van der Waals surface area contributed by atoms with E-state index in [1.54, 1.807) is 30.0 Å². The molecule has 3 amide bonds. The smallest absolute Gasteiger partial charge is 0.322 e. The number of amides is 3. The molecule has 4 fully saturated rings. The number of fused-ring (bicyclic) bond motifs is 1. The van der Waals surface area contributed by atoms with Crippen LogP contribution >= 0.6 is 23.2 Å². The Bertz CT molecular complexity index is 940. The van der Waals surface area contributed by atoms with Gasteiger partial charge in [-0.15, -0.1) is 0 Å². The van der Waals surface area contributed by atoms with E-state index in [1.165, 1.54) is 12.8 Å². The van der Waals surface area contributed by atoms with Crippen molar-refractivity contribution < 1.29 is 14.7 Å². The standard InChI is InChI=1S/C24H32Cl2N4O3/c1-15-22(32)30-17(6-10-28-11-9-24(7-8-24)21(31)14-28)3-4-18(30)13-29(15)23(33)27-16-2-5-19(25)20(26)12-16/h2,5,12,15,17-18,21,31H,3-4,6-11,13-14H2,1H3,(H,27,33)/t15-,17+,18-,21+/m0/s1. The number of carbonyl (C=O) groups is 2. The second-order valence-corrected chi connectivity index (χ2v) is 11.0. The van der Waals surface area contributed by atoms with Crippen molar-refractivity contribution >= 4 is 40.8 Å². The third-order valence-corrected chi connectivity index (χ3v) is 9.01. The molecule has 5 rings (SSSR count). The van der Waals surface area contributed by atoms with E-state index in [9.17, 15) is 14.7 Å². The second-order valence-electron chi connectivity index (χ2n) is 10.2. The first-order chi connectivity index (χ1) is 15.8. The zero-order valence-corrected chi connectivity index (χ0v) is 20.5. The van der Waals surface area contributed by atoms with Crippen molar-refractivity contribution in [2.45, 2.75) is 69.7 Å². The Morgan fingerprint density at radius 2 is 1.97 bits per heavy atom. The van der Waals surface area contributed by atoms with Crippen molar-refractivity contribution in [2.75, 3.05) is 31.5 Å². The molecule has 3 aliphatic heterocycles. The first-order valence-electron chi connectivity index (χ1n) is 12.0. The molecule has 9 heteroatoms. The molecule has 2 N–H and O–H groups in total. The zero-order chi connectivity index (χ0) is 23.3. The van der Waals surface area contributed by atoms with Crippen molar-refractivity contribution in [3.05, 3.63) is 28.2 Å². The van der Waals surface area contributed by atoms with Gasteiger partial charge in [-0.1, -0.05) is 23.2 Å². The van der Waals surface area contributed by atoms with Gasteiger partial charge >= 0.3 is 6.03 Å². The molecule has 3 heterocycles. The van der Waals surface area contributed by atoms with Crippen LogP contribution in [0.1, 0.15) is 45.4 Å². The first kappa shape index (κ1) is 23.2. The predicted molar refractivity (Wildman–Crippen MR) is 129 cm³/mol. The highest BCUT2D eigenvalue weighted by Crippen LogP contribution is 2.53. The Morgan fingerprint density at radius 3 is 2.67 bits per heavy atom. The number of likely N-dealkylation sites (tertiary alicyclic amines) is 1. The fraction of sp³-hybridized carbons (Fsp3) is 0.667. The van der Waals surface area contributed by atoms with Crippen LogP contribution in [0.4, 0.5) is 10.5 Å². The minimum Gasteiger partial charge on any atom is -0.391 e. The predicted octanol–water partition coefficient (Wildman–Crippen LogP) is 3.83. The summed E-state index contributed by atoms with van der Waals surface area (Å²) in [5, 5.41) is 14.1. The molecule has 1 aromatic rings. The van der Waals surface area contributed by atoms with E-state index < -0.39 is 6.04 Å². The van der Waals surface area contributed by atoms with Crippen molar-refractivity contribution in [3.63, 3.8) is 0 Å². The largest absolute Gasteiger partial charge is 0.391 e. The maximum absolute atomic E-state index is 13.3. The third-order valence-electron chi connectivity index (χ3n) is 8.27. The number of β-amino-alcohol motifs (C(OH)–C–C–N with tert-alkyl or cyclic N) is 1. The van der Waals surface area contributed by atoms with Gasteiger partial charge in [0.2, 0.25) is 5.91 Å². The molecule has 180 valence electrons. The van der Waals surface area contributed by atoms with Crippen molar-refractivity contribution in [2.24, 2.45) is 5.41 Å². The summed E-state index contributed by atoms with van der Waals surface area (Å²) in [6, 6.07) is 4.39. The number of carbonyl (C=O) groups excluding carboxylic acids is 2. The highest BCUT2D eigenvalue weighted by molar-refractivity contribution is 6.42. The maximum atomic E-state index is 13.3. The van der Waals surface area contributed by atoms with Crippen molar-refractivity contribution in [1.82, 2.24) is 14.7 Å². The second kappa shape index (κ2) is 8.91. The van der Waals surface area contributed by atoms with Gasteiger partial charge in [0.25, 0.3) is 0 Å². The molecular formula is C24H32Cl2N4O3. The van der Waals surface area contributed by atoms with Gasteiger partial charge in [0, 0.05) is 37.4 Å². The highest BCUT2D eigenvalue weighted by Gasteiger charge is 2.51. The Labute approximate surface area is 205 Å². The molecule has 7 nitrogen and oxygen atoms in total. The molecule has 4 aliphatic rings. The summed E-state index contributed by atoms with van der Waals surface area (Å²) in [5.74, 6) is 0.0219. The van der Waals surface area contributed by atoms with E-state index in [2.05, 4.69) is 10.2 Å². The summed E-state index contributed by atoms with van der Waals surface area (Å²) in [4.78, 5) is 32.3. The molecule has 1 aromatic carbocycles. The quantitative estimate of drug-likeness (QED) is 0.666. The lowest BCUT2D eigenvalue weighted by Crippen LogP contribution is -2.62. The van der Waals surface area contributed by atoms with Gasteiger partial charge in [0.05, 0.1) is 16.1 Å². The molecule has 0 unspecified atom stereocenters. The molecule has 0 radical (unpaired) electrons. The van der Waals surface area contributed by atoms with Crippen LogP contribution in [0, 0.1) is 5.41 Å². The van der Waals surface area contributed by atoms with Gasteiger partial charge in [-0.2, -0.15) is 0 Å². The van der Waals surface area contributed by atoms with Crippen LogP contribution in [0.25, 0.3) is 0 Å². The van der Waals surface area contributed by atoms with E-state index in [4.69, 9.17) is 23.2 Å². The van der Waals surface area contributed by atoms with Gasteiger partial charge in [0.15, 0.2) is 0 Å². The van der Waals surface area contributed by atoms with Crippen LogP contribution in [0.3, 0.4) is 0 Å². The molecular weight excluding hydrogens is 463 g/mol. The summed E-state index contributed by atoms with van der Waals surface area (Å²) in [5.41, 5.74) is 0.770. The van der Waals surface area contributed by atoms with E-state index in [0.29, 0.717) is 22.3 Å². The number of piperazine rings is 1. The maximum Gasteiger partial charge on any atom is 0.322 e. The number of aliphatic hydroxyl groups excluding tert-OH is 1. The van der Waals surface area contributed by atoms with E-state index >= 15 is 0 Å². The lowest BCUT2D eigenvalue weighted by Gasteiger charge is -2.44. The number of halogens is 2. The van der Waals surface area contributed by atoms with E-state index in [1.807, 2.05) is 4.90 Å². The first-order valence-corrected chi connectivity index (χ1v) is 12.8. The van der Waals surface area contributed by atoms with Crippen LogP contribution in [0.5, 0.6) is 0 Å². The Hall–Kier alpha value is -1.54. The summed E-state index contributed by atoms with van der Waals surface area (Å²) in [6.45, 7) is 5.04. The van der Waals surface area contributed by atoms with Gasteiger partial charge in [-0.05, 0) is 75.6 Å². The van der Waals surface area contributed by atoms with Gasteiger partial charge in [-0.25, -0.2) is 4.79 Å². The van der Waals surface area contributed by atoms with Crippen LogP contribution in [0.15, 0.2) is 18.2 Å². The number of aliphatic hydroxyl groups is 1. The normalized spacial score (nSPS) is 31.1. The number of hydrogen-bond donors (Lipinski definition) is 2. The van der Waals surface area contributed by atoms with Gasteiger partial charge in [-0.3, -0.25) is 4.79 Å². The highest BCUT2D eigenvalue weighted by atomic mass is 35.5. The van der Waals surface area contributed by atoms with Gasteiger partial charge in [0.1, 0.15) is 6.04 Å². The summed E-state index contributed by atoms with van der Waals surface area (Å²) < 4.78 is 0. The van der Waals surface area contributed by atoms with Crippen LogP contribution in [0.2, 0.25) is 10.0 Å². The molecule has 0 bridgehead atoms. The molecule has 4 atom stereocenters. The summed E-state index contributed by atoms with van der Waals surface area (Å²) in [6.07, 6.45) is 6.01. The SMILES string of the molecule is C[C@H]1C(=O)N2[C@@H](CCN3CCC4(CC4)[C@H](O)C3)CC[C@H]2CN1C(=O)Nc1ccc(Cl)c(Cl)c1. The molecule has 0 aromatic heterocycles. The van der Waals surface area contributed by atoms with Crippen LogP contribution in [-0.4, -0.2) is 82.2 Å². The van der Waals surface area contributed by atoms with Crippen LogP contribution in [-0.2, 0) is 4.79 Å². The average molecular weight is 495 g/mol. The van der Waals surface area contributed by atoms with Gasteiger partial charge < -0.3 is 25.1 Å². The number of piperidine rings is 1. The minimum absolute atomic E-state index is 0.0219. The molecule has 3 saturated heterocycles. The Balaban J connectivity index is 1.17. The van der Waals surface area contributed by atoms with Crippen molar-refractivity contribution in [1.29, 1.82) is 0 Å². The Kier molecular flexibility index (Phi) is 6.27. The molecule has 1 aliphatic carbocycles. The van der Waals surface area contributed by atoms with Crippen molar-refractivity contribution in [3.8, 4) is 0 Å². The number of nitrogens with one attached hydrogen (secondary N) is 1. The van der Waals surface area contributed by atoms with E-state index in [0.717, 1.165) is 45.3 Å². The van der Waals surface area contributed by atoms with Crippen LogP contribution < -0.4 is 5.32 Å². The molecule has 1 saturated carbocycles. The number of anilines is 1. The summed E-state index contributed by atoms with van der Waals surface area (Å²) >= 11 is 12.0. The number of benzene rings is 1. The number of rotatable bonds is 4. The third kappa shape index (κ3) is 4.45. The molecule has 1 spiro atoms. The average Bonchev–Trinajstić information content (AvgIpc) is 3.46. The lowest BCUT2D eigenvalue weighted by atomic mass is 9.90. The number of urea groups is 1. The summed E-state index contributed by atoms with van der Waals surface area (Å²) in [7, 11) is 0. The topological polar surface area (TPSA) is 76.1 Å². The Morgan fingerprint density at radius 1 is 1.18 bits per heavy atom. The minimum atomic E-state index is -0.517. The fourth-order valence-electron chi connectivity index (χ4n) is 5.90. The number of nitrogens with zero attached hydrogens (tertiary/aromatic N) is 3. The fourth-order valence-corrected chi connectivity index (χ4v) is 6.20. The zero-order valence-electron chi connectivity index (χ0n) is 19.0. The monoisotopic (exact) mass is 494 g/mol. The lowest BCUT2D eigenvalue weighted by molar-refractivity contribution is -0.143. The van der Waals surface area contributed by atoms with E-state index in [-0.39, 0.29) is 35.5 Å². The molecule has 33 heavy (non-hydrogen) atoms.